The summed E-state index contributed by atoms with van der Waals surface area (Å²) in [6.45, 7) is 3.15. The molecule has 0 aliphatic heterocycles. The van der Waals surface area contributed by atoms with Crippen LogP contribution in [0.2, 0.25) is 0 Å². The van der Waals surface area contributed by atoms with Gasteiger partial charge in [-0.15, -0.1) is 6.42 Å². The zero-order chi connectivity index (χ0) is 25.0. The average Bonchev–Trinajstić information content (AvgIpc) is 3.10. The molecule has 1 heterocycles. The van der Waals surface area contributed by atoms with E-state index in [4.69, 9.17) is 6.42 Å². The third-order valence-corrected chi connectivity index (χ3v) is 5.39. The summed E-state index contributed by atoms with van der Waals surface area (Å²) >= 11 is 0. The highest BCUT2D eigenvalue weighted by atomic mass is 19.4. The molecule has 1 N–H and O–H groups in total. The van der Waals surface area contributed by atoms with Gasteiger partial charge in [-0.2, -0.15) is 18.3 Å². The highest BCUT2D eigenvalue weighted by Crippen LogP contribution is 2.31. The van der Waals surface area contributed by atoms with Crippen LogP contribution in [0, 0.1) is 26.2 Å². The smallest absolute Gasteiger partial charge is 0.358 e. The minimum Gasteiger partial charge on any atom is -0.358 e. The van der Waals surface area contributed by atoms with Gasteiger partial charge in [0.05, 0.1) is 23.4 Å². The summed E-state index contributed by atoms with van der Waals surface area (Å²) in [5.41, 5.74) is 2.06. The van der Waals surface area contributed by atoms with Gasteiger partial charge in [0.25, 0.3) is 0 Å². The quantitative estimate of drug-likeness (QED) is 0.560. The summed E-state index contributed by atoms with van der Waals surface area (Å²) in [6, 6.07) is 11.5. The Bertz CT molecular complexity index is 1270. The first-order chi connectivity index (χ1) is 16.0. The van der Waals surface area contributed by atoms with Crippen LogP contribution in [-0.4, -0.2) is 35.2 Å². The topological polar surface area (TPSA) is 67.2 Å². The average molecular weight is 468 g/mol. The third kappa shape index (κ3) is 5.29. The second-order valence-electron chi connectivity index (χ2n) is 7.63. The van der Waals surface area contributed by atoms with Gasteiger partial charge >= 0.3 is 6.18 Å². The van der Waals surface area contributed by atoms with Gasteiger partial charge < -0.3 is 10.2 Å². The van der Waals surface area contributed by atoms with Crippen LogP contribution in [0.25, 0.3) is 5.69 Å². The number of nitrogens with one attached hydrogen (secondary N) is 1. The summed E-state index contributed by atoms with van der Waals surface area (Å²) < 4.78 is 40.8. The standard InChI is InChI=1S/C25H23F3N4O2/c1-5-18-8-6-10-20(12-18)31(15-23(33)29-4)24(34)14-22-16(2)30-32(17(22)3)21-11-7-9-19(13-21)25(26,27)28/h1,6-13H,14-15H2,2-4H3,(H,29,33). The van der Waals surface area contributed by atoms with Crippen LogP contribution in [0.1, 0.15) is 28.1 Å². The van der Waals surface area contributed by atoms with E-state index in [-0.39, 0.29) is 30.5 Å². The van der Waals surface area contributed by atoms with Crippen LogP contribution in [-0.2, 0) is 22.2 Å². The number of likely N-dealkylation sites (N-methyl/N-ethyl adjacent to an activating group) is 1. The molecule has 6 nitrogen and oxygen atoms in total. The van der Waals surface area contributed by atoms with Crippen molar-refractivity contribution in [3.8, 4) is 18.0 Å². The molecule has 176 valence electrons. The molecular weight excluding hydrogens is 445 g/mol. The molecule has 0 saturated heterocycles. The van der Waals surface area contributed by atoms with Crippen LogP contribution >= 0.6 is 0 Å². The number of aromatic nitrogens is 2. The molecule has 0 unspecified atom stereocenters. The van der Waals surface area contributed by atoms with Gasteiger partial charge in [0, 0.05) is 29.6 Å². The molecule has 0 radical (unpaired) electrons. The predicted octanol–water partition coefficient (Wildman–Crippen LogP) is 3.81. The van der Waals surface area contributed by atoms with E-state index >= 15 is 0 Å². The molecule has 0 aliphatic rings. The van der Waals surface area contributed by atoms with Gasteiger partial charge in [0.15, 0.2) is 0 Å². The Morgan fingerprint density at radius 2 is 1.85 bits per heavy atom. The monoisotopic (exact) mass is 468 g/mol. The van der Waals surface area contributed by atoms with Crippen LogP contribution in [0.15, 0.2) is 48.5 Å². The van der Waals surface area contributed by atoms with E-state index in [9.17, 15) is 22.8 Å². The first-order valence-electron chi connectivity index (χ1n) is 10.4. The van der Waals surface area contributed by atoms with Crippen LogP contribution in [0.4, 0.5) is 18.9 Å². The zero-order valence-electron chi connectivity index (χ0n) is 18.9. The van der Waals surface area contributed by atoms with Gasteiger partial charge in [-0.1, -0.05) is 18.1 Å². The number of halogens is 3. The maximum absolute atomic E-state index is 13.3. The van der Waals surface area contributed by atoms with Crippen molar-refractivity contribution in [2.24, 2.45) is 0 Å². The molecule has 9 heteroatoms. The minimum atomic E-state index is -4.49. The number of nitrogens with zero attached hydrogens (tertiary/aromatic N) is 3. The summed E-state index contributed by atoms with van der Waals surface area (Å²) in [4.78, 5) is 26.7. The van der Waals surface area contributed by atoms with E-state index in [0.29, 0.717) is 28.2 Å². The second kappa shape index (κ2) is 9.83. The highest BCUT2D eigenvalue weighted by Gasteiger charge is 2.31. The van der Waals surface area contributed by atoms with Crippen molar-refractivity contribution in [3.63, 3.8) is 0 Å². The molecule has 3 aromatic rings. The van der Waals surface area contributed by atoms with E-state index in [1.54, 1.807) is 38.1 Å². The molecule has 1 aromatic heterocycles. The predicted molar refractivity (Wildman–Crippen MR) is 123 cm³/mol. The molecule has 0 fully saturated rings. The largest absolute Gasteiger partial charge is 0.416 e. The maximum Gasteiger partial charge on any atom is 0.416 e. The Kier molecular flexibility index (Phi) is 7.11. The number of alkyl halides is 3. The van der Waals surface area contributed by atoms with Crippen molar-refractivity contribution in [3.05, 3.63) is 76.6 Å². The van der Waals surface area contributed by atoms with Gasteiger partial charge in [-0.3, -0.25) is 9.59 Å². The Morgan fingerprint density at radius 3 is 2.50 bits per heavy atom. The number of carbonyl (C=O) groups excluding carboxylic acids is 2. The lowest BCUT2D eigenvalue weighted by atomic mass is 10.1. The number of benzene rings is 2. The van der Waals surface area contributed by atoms with Gasteiger partial charge in [0.2, 0.25) is 11.8 Å². The van der Waals surface area contributed by atoms with Gasteiger partial charge in [-0.25, -0.2) is 4.68 Å². The number of anilines is 1. The number of aryl methyl sites for hydroxylation is 1. The van der Waals surface area contributed by atoms with Gasteiger partial charge in [-0.05, 0) is 50.2 Å². The van der Waals surface area contributed by atoms with E-state index in [1.807, 2.05) is 0 Å². The Hall–Kier alpha value is -4.06. The van der Waals surface area contributed by atoms with Gasteiger partial charge in [0.1, 0.15) is 6.54 Å². The molecule has 2 amide bonds. The molecule has 0 bridgehead atoms. The lowest BCUT2D eigenvalue weighted by molar-refractivity contribution is -0.137. The number of carbonyl (C=O) groups is 2. The molecule has 2 aromatic carbocycles. The molecular formula is C25H23F3N4O2. The van der Waals surface area contributed by atoms with Crippen molar-refractivity contribution < 1.29 is 22.8 Å². The number of hydrogen-bond acceptors (Lipinski definition) is 3. The van der Waals surface area contributed by atoms with Crippen LogP contribution in [0.3, 0.4) is 0 Å². The second-order valence-corrected chi connectivity index (χ2v) is 7.63. The molecule has 0 aliphatic carbocycles. The fourth-order valence-electron chi connectivity index (χ4n) is 3.55. The number of terminal acetylenes is 1. The van der Waals surface area contributed by atoms with Crippen LogP contribution in [0.5, 0.6) is 0 Å². The molecule has 0 saturated carbocycles. The minimum absolute atomic E-state index is 0.103. The summed E-state index contributed by atoms with van der Waals surface area (Å²) in [7, 11) is 1.47. The fourth-order valence-corrected chi connectivity index (χ4v) is 3.55. The Balaban J connectivity index is 1.96. The van der Waals surface area contributed by atoms with Crippen molar-refractivity contribution in [1.29, 1.82) is 0 Å². The number of rotatable bonds is 6. The first kappa shape index (κ1) is 24.6. The Morgan fingerprint density at radius 1 is 1.15 bits per heavy atom. The van der Waals surface area contributed by atoms with E-state index in [2.05, 4.69) is 16.3 Å². The summed E-state index contributed by atoms with van der Waals surface area (Å²) in [6.07, 6.45) is 0.876. The van der Waals surface area contributed by atoms with E-state index < -0.39 is 11.7 Å². The summed E-state index contributed by atoms with van der Waals surface area (Å²) in [5.74, 6) is 1.75. The van der Waals surface area contributed by atoms with E-state index in [1.165, 1.54) is 28.8 Å². The first-order valence-corrected chi connectivity index (χ1v) is 10.4. The third-order valence-electron chi connectivity index (χ3n) is 5.39. The van der Waals surface area contributed by atoms with Crippen molar-refractivity contribution >= 4 is 17.5 Å². The molecule has 0 atom stereocenters. The highest BCUT2D eigenvalue weighted by molar-refractivity contribution is 6.00. The number of amides is 2. The molecule has 0 spiro atoms. The maximum atomic E-state index is 13.3. The van der Waals surface area contributed by atoms with Crippen LogP contribution < -0.4 is 10.2 Å². The lowest BCUT2D eigenvalue weighted by Crippen LogP contribution is -2.40. The number of hydrogen-bond donors (Lipinski definition) is 1. The fraction of sp³-hybridized carbons (Fsp3) is 0.240. The molecule has 3 rings (SSSR count). The SMILES string of the molecule is C#Cc1cccc(N(CC(=O)NC)C(=O)Cc2c(C)nn(-c3cccc(C(F)(F)F)c3)c2C)c1. The van der Waals surface area contributed by atoms with Crippen molar-refractivity contribution in [1.82, 2.24) is 15.1 Å². The lowest BCUT2D eigenvalue weighted by Gasteiger charge is -2.22. The van der Waals surface area contributed by atoms with Crippen molar-refractivity contribution in [2.45, 2.75) is 26.4 Å². The Labute approximate surface area is 195 Å². The van der Waals surface area contributed by atoms with Crippen molar-refractivity contribution in [2.75, 3.05) is 18.5 Å². The summed E-state index contributed by atoms with van der Waals surface area (Å²) in [5, 5.41) is 6.86. The van der Waals surface area contributed by atoms with E-state index in [0.717, 1.165) is 12.1 Å². The zero-order valence-corrected chi connectivity index (χ0v) is 18.9. The normalized spacial score (nSPS) is 11.1. The molecule has 34 heavy (non-hydrogen) atoms.